The molecule has 0 aliphatic heterocycles. The molecule has 0 aliphatic rings. The number of nitrogens with one attached hydrogen (secondary N) is 1. The summed E-state index contributed by atoms with van der Waals surface area (Å²) in [5.41, 5.74) is 7.65. The molecule has 0 amide bonds. The van der Waals surface area contributed by atoms with Crippen LogP contribution in [-0.4, -0.2) is 11.0 Å². The lowest BCUT2D eigenvalue weighted by molar-refractivity contribution is 0.638. The Bertz CT molecular complexity index is 445. The van der Waals surface area contributed by atoms with Crippen LogP contribution in [0.15, 0.2) is 24.4 Å². The fraction of sp³-hybridized carbons (Fsp3) is 0.273. The van der Waals surface area contributed by atoms with Crippen LogP contribution in [0.4, 0.5) is 4.39 Å². The van der Waals surface area contributed by atoms with Crippen LogP contribution in [-0.2, 0) is 6.42 Å². The molecule has 1 aromatic carbocycles. The predicted molar refractivity (Wildman–Crippen MR) is 55.6 cm³/mol. The smallest absolute Gasteiger partial charge is 0.132 e. The van der Waals surface area contributed by atoms with Gasteiger partial charge in [0, 0.05) is 17.6 Å². The molecule has 1 unspecified atom stereocenters. The highest BCUT2D eigenvalue weighted by molar-refractivity contribution is 5.83. The molecule has 0 bridgehead atoms. The lowest BCUT2D eigenvalue weighted by atomic mass is 10.0. The van der Waals surface area contributed by atoms with Crippen molar-refractivity contribution in [3.8, 4) is 0 Å². The minimum Gasteiger partial charge on any atom is -0.361 e. The Labute approximate surface area is 81.9 Å². The second-order valence-corrected chi connectivity index (χ2v) is 3.65. The molecular formula is C11H13FN2. The maximum absolute atomic E-state index is 13.3. The largest absolute Gasteiger partial charge is 0.361 e. The van der Waals surface area contributed by atoms with Gasteiger partial charge in [0.15, 0.2) is 0 Å². The molecule has 0 radical (unpaired) electrons. The van der Waals surface area contributed by atoms with Crippen LogP contribution in [0.2, 0.25) is 0 Å². The van der Waals surface area contributed by atoms with Gasteiger partial charge in [0.2, 0.25) is 0 Å². The molecule has 0 saturated carbocycles. The minimum atomic E-state index is -0.185. The second kappa shape index (κ2) is 3.42. The van der Waals surface area contributed by atoms with E-state index in [2.05, 4.69) is 4.98 Å². The zero-order chi connectivity index (χ0) is 10.1. The summed E-state index contributed by atoms with van der Waals surface area (Å²) in [6.45, 7) is 1.94. The molecule has 0 saturated heterocycles. The highest BCUT2D eigenvalue weighted by Gasteiger charge is 2.07. The number of hydrogen-bond donors (Lipinski definition) is 2. The minimum absolute atomic E-state index is 0.0898. The Kier molecular flexibility index (Phi) is 2.25. The highest BCUT2D eigenvalue weighted by Crippen LogP contribution is 2.21. The van der Waals surface area contributed by atoms with E-state index in [1.807, 2.05) is 6.92 Å². The molecule has 1 heterocycles. The summed E-state index contributed by atoms with van der Waals surface area (Å²) < 4.78 is 13.3. The lowest BCUT2D eigenvalue weighted by Gasteiger charge is -2.06. The number of benzene rings is 1. The van der Waals surface area contributed by atoms with E-state index in [0.29, 0.717) is 5.39 Å². The zero-order valence-corrected chi connectivity index (χ0v) is 8.05. The maximum atomic E-state index is 13.3. The van der Waals surface area contributed by atoms with E-state index in [1.54, 1.807) is 18.3 Å². The van der Waals surface area contributed by atoms with Crippen LogP contribution in [0.5, 0.6) is 0 Å². The van der Waals surface area contributed by atoms with Crippen molar-refractivity contribution in [3.63, 3.8) is 0 Å². The summed E-state index contributed by atoms with van der Waals surface area (Å²) in [7, 11) is 0. The van der Waals surface area contributed by atoms with Gasteiger partial charge >= 0.3 is 0 Å². The van der Waals surface area contributed by atoms with Crippen LogP contribution >= 0.6 is 0 Å². The Morgan fingerprint density at radius 3 is 2.93 bits per heavy atom. The average molecular weight is 192 g/mol. The fourth-order valence-electron chi connectivity index (χ4n) is 1.70. The molecule has 1 aromatic heterocycles. The summed E-state index contributed by atoms with van der Waals surface area (Å²) in [6.07, 6.45) is 2.51. The molecule has 1 atom stereocenters. The molecule has 2 nitrogen and oxygen atoms in total. The molecule has 0 fully saturated rings. The monoisotopic (exact) mass is 192 g/mol. The van der Waals surface area contributed by atoms with Gasteiger partial charge in [0.25, 0.3) is 0 Å². The van der Waals surface area contributed by atoms with Gasteiger partial charge in [-0.1, -0.05) is 6.07 Å². The van der Waals surface area contributed by atoms with Crippen molar-refractivity contribution < 1.29 is 4.39 Å². The van der Waals surface area contributed by atoms with E-state index in [-0.39, 0.29) is 11.9 Å². The Balaban J connectivity index is 2.55. The number of aromatic amines is 1. The number of H-pyrrole nitrogens is 1. The van der Waals surface area contributed by atoms with E-state index in [9.17, 15) is 4.39 Å². The van der Waals surface area contributed by atoms with Crippen molar-refractivity contribution >= 4 is 10.9 Å². The van der Waals surface area contributed by atoms with Gasteiger partial charge in [-0.25, -0.2) is 4.39 Å². The third-order valence-corrected chi connectivity index (χ3v) is 2.30. The number of nitrogens with two attached hydrogens (primary N) is 1. The first-order chi connectivity index (χ1) is 6.68. The third kappa shape index (κ3) is 1.51. The van der Waals surface area contributed by atoms with E-state index in [4.69, 9.17) is 5.73 Å². The van der Waals surface area contributed by atoms with Gasteiger partial charge in [-0.3, -0.25) is 0 Å². The third-order valence-electron chi connectivity index (χ3n) is 2.30. The Morgan fingerprint density at radius 1 is 1.43 bits per heavy atom. The van der Waals surface area contributed by atoms with Crippen molar-refractivity contribution in [2.24, 2.45) is 5.73 Å². The van der Waals surface area contributed by atoms with Crippen molar-refractivity contribution in [1.29, 1.82) is 0 Å². The molecule has 3 N–H and O–H groups in total. The van der Waals surface area contributed by atoms with Gasteiger partial charge in [-0.05, 0) is 31.0 Å². The van der Waals surface area contributed by atoms with Crippen molar-refractivity contribution in [3.05, 3.63) is 35.8 Å². The van der Waals surface area contributed by atoms with E-state index in [0.717, 1.165) is 17.5 Å². The van der Waals surface area contributed by atoms with Crippen LogP contribution in [0.3, 0.4) is 0 Å². The predicted octanol–water partition coefficient (Wildman–Crippen LogP) is 2.20. The Hall–Kier alpha value is -1.35. The molecule has 74 valence electrons. The number of halogens is 1. The molecule has 0 spiro atoms. The lowest BCUT2D eigenvalue weighted by Crippen LogP contribution is -2.17. The average Bonchev–Trinajstić information content (AvgIpc) is 2.58. The summed E-state index contributed by atoms with van der Waals surface area (Å²) >= 11 is 0. The fourth-order valence-corrected chi connectivity index (χ4v) is 1.70. The molecule has 0 aliphatic carbocycles. The molecule has 3 heteroatoms. The van der Waals surface area contributed by atoms with E-state index >= 15 is 0 Å². The van der Waals surface area contributed by atoms with Gasteiger partial charge in [0.05, 0.1) is 5.52 Å². The first kappa shape index (κ1) is 9.21. The Morgan fingerprint density at radius 2 is 2.21 bits per heavy atom. The van der Waals surface area contributed by atoms with Crippen molar-refractivity contribution in [2.75, 3.05) is 0 Å². The summed E-state index contributed by atoms with van der Waals surface area (Å²) in [5.74, 6) is -0.185. The van der Waals surface area contributed by atoms with Gasteiger partial charge < -0.3 is 10.7 Å². The molecule has 2 aromatic rings. The summed E-state index contributed by atoms with van der Waals surface area (Å²) in [6, 6.07) is 5.12. The highest BCUT2D eigenvalue weighted by atomic mass is 19.1. The van der Waals surface area contributed by atoms with Gasteiger partial charge in [-0.15, -0.1) is 0 Å². The molecule has 14 heavy (non-hydrogen) atoms. The second-order valence-electron chi connectivity index (χ2n) is 3.65. The van der Waals surface area contributed by atoms with Crippen molar-refractivity contribution in [1.82, 2.24) is 4.98 Å². The number of fused-ring (bicyclic) bond motifs is 1. The maximum Gasteiger partial charge on any atom is 0.132 e. The van der Waals surface area contributed by atoms with Crippen LogP contribution < -0.4 is 5.73 Å². The molecular weight excluding hydrogens is 179 g/mol. The first-order valence-corrected chi connectivity index (χ1v) is 4.68. The van der Waals surface area contributed by atoms with Crippen molar-refractivity contribution in [2.45, 2.75) is 19.4 Å². The quantitative estimate of drug-likeness (QED) is 0.752. The van der Waals surface area contributed by atoms with Gasteiger partial charge in [0.1, 0.15) is 5.82 Å². The van der Waals surface area contributed by atoms with E-state index in [1.165, 1.54) is 6.07 Å². The van der Waals surface area contributed by atoms with Gasteiger partial charge in [-0.2, -0.15) is 0 Å². The number of rotatable bonds is 2. The number of hydrogen-bond acceptors (Lipinski definition) is 1. The van der Waals surface area contributed by atoms with E-state index < -0.39 is 0 Å². The molecule has 2 rings (SSSR count). The zero-order valence-electron chi connectivity index (χ0n) is 8.05. The topological polar surface area (TPSA) is 41.8 Å². The van der Waals surface area contributed by atoms with Crippen LogP contribution in [0.1, 0.15) is 12.5 Å². The SMILES string of the molecule is CC(N)Cc1ccc(F)c2cc[nH]c12. The first-order valence-electron chi connectivity index (χ1n) is 4.68. The summed E-state index contributed by atoms with van der Waals surface area (Å²) in [5, 5.41) is 0.642. The number of aromatic nitrogens is 1. The standard InChI is InChI=1S/C11H13FN2/c1-7(13)6-8-2-3-10(12)9-4-5-14-11(8)9/h2-5,7,14H,6,13H2,1H3. The summed E-state index contributed by atoms with van der Waals surface area (Å²) in [4.78, 5) is 3.04. The van der Waals surface area contributed by atoms with Crippen LogP contribution in [0.25, 0.3) is 10.9 Å². The normalized spacial score (nSPS) is 13.4. The van der Waals surface area contributed by atoms with Crippen LogP contribution in [0, 0.1) is 5.82 Å².